The number of hydrogen-bond donors (Lipinski definition) is 6. The predicted octanol–water partition coefficient (Wildman–Crippen LogP) is 1.48. The number of carbonyl (C=O) groups is 12. The number of carbonyl (C=O) groups excluding carboxylic acids is 12. The summed E-state index contributed by atoms with van der Waals surface area (Å²) in [7, 11) is 5.68. The predicted molar refractivity (Wildman–Crippen MR) is 289 cm³/mol. The summed E-state index contributed by atoms with van der Waals surface area (Å²) in [4.78, 5) is 163. The molecule has 0 saturated heterocycles. The zero-order chi connectivity index (χ0) is 58.7. The van der Waals surface area contributed by atoms with E-state index in [-0.39, 0.29) is 56.1 Å². The molecule has 22 heteroatoms. The summed E-state index contributed by atoms with van der Waals surface area (Å²) in [6.45, 7) is 13.5. The molecule has 7 atom stereocenters. The van der Waals surface area contributed by atoms with E-state index in [1.807, 2.05) is 34.6 Å². The van der Waals surface area contributed by atoms with Crippen LogP contribution in [0.1, 0.15) is 132 Å². The molecule has 0 spiro atoms. The number of aliphatic hydroxyl groups is 1. The molecule has 0 bridgehead atoms. The van der Waals surface area contributed by atoms with Gasteiger partial charge in [-0.1, -0.05) is 91.6 Å². The molecule has 0 fully saturated rings. The Morgan fingerprint density at radius 1 is 0.519 bits per heavy atom. The first-order chi connectivity index (χ1) is 36.1. The molecule has 0 aliphatic rings. The maximum atomic E-state index is 14.4. The molecule has 1 rings (SSSR count). The highest BCUT2D eigenvalue weighted by atomic mass is 16.3. The molecule has 1 aromatic rings. The fourth-order valence-corrected chi connectivity index (χ4v) is 8.35. The van der Waals surface area contributed by atoms with Gasteiger partial charge in [0, 0.05) is 66.2 Å². The number of benzene rings is 1. The molecule has 0 aliphatic heterocycles. The van der Waals surface area contributed by atoms with E-state index in [9.17, 15) is 57.5 Å². The summed E-state index contributed by atoms with van der Waals surface area (Å²) in [5.74, 6) is -7.72. The van der Waals surface area contributed by atoms with Gasteiger partial charge in [0.2, 0.25) is 53.2 Å². The van der Waals surface area contributed by atoms with Crippen LogP contribution in [0.4, 0.5) is 0 Å². The third kappa shape index (κ3) is 24.1. The molecule has 0 aromatic heterocycles. The van der Waals surface area contributed by atoms with Crippen LogP contribution in [0.5, 0.6) is 0 Å². The van der Waals surface area contributed by atoms with Crippen LogP contribution in [0.3, 0.4) is 0 Å². The Bertz CT molecular complexity index is 2170. The van der Waals surface area contributed by atoms with Gasteiger partial charge in [-0.05, 0) is 56.9 Å². The topological polar surface area (TPSA) is 298 Å². The van der Waals surface area contributed by atoms with Gasteiger partial charge in [-0.3, -0.25) is 57.5 Å². The SMILES string of the molecule is CCCCCC(=O)C(CC)NC(=O)CCC(=O)CNC(=O)[C@H](C)N(C)C(=O)[C@H](Cc1ccccc1)N(C)C(=O)[C@H](C)CC(=O)[C@H](CC(C)C)N(C)C(=O)[C@H](C)N(C)C(=O)[C@H](CC(C)C)NC(=O)CNC(=O)CNC(=O)CO. The Kier molecular flexibility index (Phi) is 31.1. The maximum Gasteiger partial charge on any atom is 0.246 e. The van der Waals surface area contributed by atoms with Crippen LogP contribution >= 0.6 is 0 Å². The Morgan fingerprint density at radius 2 is 1.08 bits per heavy atom. The minimum atomic E-state index is -1.15. The zero-order valence-corrected chi connectivity index (χ0v) is 47.8. The van der Waals surface area contributed by atoms with Crippen molar-refractivity contribution in [1.29, 1.82) is 0 Å². The van der Waals surface area contributed by atoms with Gasteiger partial charge in [0.05, 0.1) is 31.7 Å². The minimum absolute atomic E-state index is 0.0493. The third-order valence-electron chi connectivity index (χ3n) is 13.4. The van der Waals surface area contributed by atoms with Gasteiger partial charge in [-0.2, -0.15) is 0 Å². The molecule has 0 saturated carbocycles. The summed E-state index contributed by atoms with van der Waals surface area (Å²) in [6.07, 6.45) is 3.17. The maximum absolute atomic E-state index is 14.4. The number of ketones is 3. The average Bonchev–Trinajstić information content (AvgIpc) is 3.40. The van der Waals surface area contributed by atoms with Crippen molar-refractivity contribution in [3.63, 3.8) is 0 Å². The highest BCUT2D eigenvalue weighted by Crippen LogP contribution is 2.22. The Hall–Kier alpha value is -6.58. The van der Waals surface area contributed by atoms with Crippen molar-refractivity contribution >= 4 is 70.5 Å². The summed E-state index contributed by atoms with van der Waals surface area (Å²) >= 11 is 0. The normalized spacial score (nSPS) is 13.8. The standard InChI is InChI=1S/C55H89N9O13/c1-14-16-18-23-45(67)41(15-2)59-47(69)25-24-40(66)30-58-51(73)37(8)61(10)55(77)44(29-39-21-19-17-20-22-39)64(13)52(74)36(7)28-46(68)43(27-35(5)6)63(12)53(75)38(9)62(11)54(76)42(26-34(3)4)60-49(71)32-56-48(70)31-57-50(72)33-65/h17,19-22,34-38,41-44,65H,14-16,18,23-33H2,1-13H3,(H,56,70)(H,57,72)(H,58,73)(H,59,69)(H,60,71)/t36-,37+,38+,41?,42+,43+,44+/m1/s1. The monoisotopic (exact) mass is 1080 g/mol. The number of Topliss-reactive ketones (excluding diaryl/α,β-unsaturated/α-hetero) is 3. The molecule has 22 nitrogen and oxygen atoms in total. The molecule has 432 valence electrons. The van der Waals surface area contributed by atoms with E-state index in [0.29, 0.717) is 18.4 Å². The second-order valence-corrected chi connectivity index (χ2v) is 20.7. The Labute approximate surface area is 455 Å². The number of likely N-dealkylation sites (N-methyl/N-ethyl adjacent to an activating group) is 4. The van der Waals surface area contributed by atoms with Crippen LogP contribution in [-0.2, 0) is 64.0 Å². The van der Waals surface area contributed by atoms with E-state index in [2.05, 4.69) is 26.6 Å². The number of rotatable bonds is 36. The number of aliphatic hydroxyl groups excluding tert-OH is 1. The van der Waals surface area contributed by atoms with Crippen molar-refractivity contribution in [3.8, 4) is 0 Å². The molecular weight excluding hydrogens is 995 g/mol. The Balaban J connectivity index is 3.17. The van der Waals surface area contributed by atoms with E-state index < -0.39 is 133 Å². The minimum Gasteiger partial charge on any atom is -0.387 e. The summed E-state index contributed by atoms with van der Waals surface area (Å²) < 4.78 is 0. The first kappa shape index (κ1) is 68.4. The molecule has 77 heavy (non-hydrogen) atoms. The van der Waals surface area contributed by atoms with Crippen LogP contribution in [0.15, 0.2) is 30.3 Å². The lowest BCUT2D eigenvalue weighted by Crippen LogP contribution is -2.57. The largest absolute Gasteiger partial charge is 0.387 e. The first-order valence-electron chi connectivity index (χ1n) is 26.8. The third-order valence-corrected chi connectivity index (χ3v) is 13.4. The first-order valence-corrected chi connectivity index (χ1v) is 26.8. The van der Waals surface area contributed by atoms with Crippen molar-refractivity contribution in [2.75, 3.05) is 54.4 Å². The molecule has 1 aromatic carbocycles. The van der Waals surface area contributed by atoms with Gasteiger partial charge in [-0.15, -0.1) is 0 Å². The van der Waals surface area contributed by atoms with Gasteiger partial charge in [0.25, 0.3) is 0 Å². The van der Waals surface area contributed by atoms with E-state index in [1.165, 1.54) is 61.6 Å². The molecule has 0 radical (unpaired) electrons. The smallest absolute Gasteiger partial charge is 0.246 e. The molecule has 0 heterocycles. The van der Waals surface area contributed by atoms with Gasteiger partial charge in [0.15, 0.2) is 17.3 Å². The van der Waals surface area contributed by atoms with E-state index >= 15 is 0 Å². The second-order valence-electron chi connectivity index (χ2n) is 20.7. The van der Waals surface area contributed by atoms with Gasteiger partial charge in [0.1, 0.15) is 30.8 Å². The van der Waals surface area contributed by atoms with Crippen molar-refractivity contribution < 1.29 is 62.6 Å². The van der Waals surface area contributed by atoms with Crippen molar-refractivity contribution in [1.82, 2.24) is 46.2 Å². The van der Waals surface area contributed by atoms with Crippen LogP contribution in [-0.4, -0.2) is 186 Å². The van der Waals surface area contributed by atoms with Crippen LogP contribution in [0.2, 0.25) is 0 Å². The van der Waals surface area contributed by atoms with E-state index in [0.717, 1.165) is 19.3 Å². The Morgan fingerprint density at radius 3 is 1.65 bits per heavy atom. The van der Waals surface area contributed by atoms with Gasteiger partial charge < -0.3 is 51.3 Å². The lowest BCUT2D eigenvalue weighted by atomic mass is 9.92. The van der Waals surface area contributed by atoms with Gasteiger partial charge in [-0.25, -0.2) is 0 Å². The van der Waals surface area contributed by atoms with Crippen LogP contribution in [0.25, 0.3) is 0 Å². The van der Waals surface area contributed by atoms with Gasteiger partial charge >= 0.3 is 0 Å². The number of unbranched alkanes of at least 4 members (excludes halogenated alkanes) is 2. The van der Waals surface area contributed by atoms with Crippen molar-refractivity contribution in [2.45, 2.75) is 169 Å². The number of nitrogens with zero attached hydrogens (tertiary/aromatic N) is 4. The van der Waals surface area contributed by atoms with E-state index in [1.54, 1.807) is 44.2 Å². The number of hydrogen-bond acceptors (Lipinski definition) is 13. The average molecular weight is 1080 g/mol. The highest BCUT2D eigenvalue weighted by Gasteiger charge is 2.39. The molecule has 1 unspecified atom stereocenters. The quantitative estimate of drug-likeness (QED) is 0.0520. The number of amides is 9. The molecule has 0 aliphatic carbocycles. The van der Waals surface area contributed by atoms with Crippen LogP contribution in [0, 0.1) is 17.8 Å². The van der Waals surface area contributed by atoms with Crippen LogP contribution < -0.4 is 26.6 Å². The second kappa shape index (κ2) is 35.0. The number of nitrogens with one attached hydrogen (secondary N) is 5. The fraction of sp³-hybridized carbons (Fsp3) is 0.673. The lowest BCUT2D eigenvalue weighted by Gasteiger charge is -2.36. The fourth-order valence-electron chi connectivity index (χ4n) is 8.35. The van der Waals surface area contributed by atoms with Crippen molar-refractivity contribution in [3.05, 3.63) is 35.9 Å². The van der Waals surface area contributed by atoms with Crippen molar-refractivity contribution in [2.24, 2.45) is 17.8 Å². The van der Waals surface area contributed by atoms with E-state index in [4.69, 9.17) is 5.11 Å². The molecular formula is C55H89N9O13. The summed E-state index contributed by atoms with van der Waals surface area (Å²) in [6, 6.07) is 2.79. The zero-order valence-electron chi connectivity index (χ0n) is 47.8. The highest BCUT2D eigenvalue weighted by molar-refractivity contribution is 5.98. The summed E-state index contributed by atoms with van der Waals surface area (Å²) in [5.41, 5.74) is 0.709. The molecule has 6 N–H and O–H groups in total. The lowest BCUT2D eigenvalue weighted by molar-refractivity contribution is -0.150. The molecule has 9 amide bonds. The summed E-state index contributed by atoms with van der Waals surface area (Å²) in [5, 5.41) is 21.2.